The molecular weight excluding hydrogens is 274 g/mol. The first-order valence-electron chi connectivity index (χ1n) is 8.38. The van der Waals surface area contributed by atoms with E-state index in [1.807, 2.05) is 32.0 Å². The van der Waals surface area contributed by atoms with Gasteiger partial charge in [0.1, 0.15) is 0 Å². The Bertz CT molecular complexity index is 537. The summed E-state index contributed by atoms with van der Waals surface area (Å²) in [5, 5.41) is 3.09. The van der Waals surface area contributed by atoms with Crippen LogP contribution in [0.4, 0.5) is 5.69 Å². The monoisotopic (exact) mass is 301 g/mol. The van der Waals surface area contributed by atoms with E-state index in [1.54, 1.807) is 0 Å². The fraction of sp³-hybridized carbons (Fsp3) is 0.611. The maximum Gasteiger partial charge on any atom is 0.238 e. The molecule has 3 atom stereocenters. The molecule has 1 amide bonds. The zero-order valence-corrected chi connectivity index (χ0v) is 13.6. The van der Waals surface area contributed by atoms with Gasteiger partial charge in [0.15, 0.2) is 0 Å². The van der Waals surface area contributed by atoms with Gasteiger partial charge in [-0.2, -0.15) is 0 Å². The smallest absolute Gasteiger partial charge is 0.238 e. The number of likely N-dealkylation sites (tertiary alicyclic amines) is 1. The summed E-state index contributed by atoms with van der Waals surface area (Å²) in [7, 11) is 0. The van der Waals surface area contributed by atoms with Crippen molar-refractivity contribution in [1.29, 1.82) is 0 Å². The van der Waals surface area contributed by atoms with Crippen molar-refractivity contribution in [3.63, 3.8) is 0 Å². The molecular formula is C18H27N3O. The lowest BCUT2D eigenvalue weighted by molar-refractivity contribution is -0.117. The van der Waals surface area contributed by atoms with Crippen molar-refractivity contribution in [2.45, 2.75) is 39.2 Å². The van der Waals surface area contributed by atoms with Gasteiger partial charge in [-0.15, -0.1) is 0 Å². The summed E-state index contributed by atoms with van der Waals surface area (Å²) < 4.78 is 0. The number of aryl methyl sites for hydroxylation is 2. The molecule has 4 heteroatoms. The molecule has 120 valence electrons. The lowest BCUT2D eigenvalue weighted by atomic mass is 9.78. The predicted octanol–water partition coefficient (Wildman–Crippen LogP) is 2.30. The normalized spacial score (nSPS) is 28.4. The van der Waals surface area contributed by atoms with Crippen molar-refractivity contribution in [2.75, 3.05) is 25.0 Å². The van der Waals surface area contributed by atoms with Crippen molar-refractivity contribution in [3.05, 3.63) is 29.3 Å². The molecule has 0 aromatic heterocycles. The van der Waals surface area contributed by atoms with Crippen LogP contribution in [0.2, 0.25) is 0 Å². The Morgan fingerprint density at radius 3 is 2.68 bits per heavy atom. The highest BCUT2D eigenvalue weighted by atomic mass is 16.2. The fourth-order valence-corrected chi connectivity index (χ4v) is 4.13. The highest BCUT2D eigenvalue weighted by Gasteiger charge is 2.38. The number of hydrogen-bond donors (Lipinski definition) is 2. The second-order valence-corrected chi connectivity index (χ2v) is 7.03. The Morgan fingerprint density at radius 1 is 1.27 bits per heavy atom. The lowest BCUT2D eigenvalue weighted by Crippen LogP contribution is -2.38. The third-order valence-corrected chi connectivity index (χ3v) is 5.34. The van der Waals surface area contributed by atoms with Gasteiger partial charge < -0.3 is 11.1 Å². The molecule has 3 unspecified atom stereocenters. The average Bonchev–Trinajstić information content (AvgIpc) is 2.87. The second-order valence-electron chi connectivity index (χ2n) is 7.03. The van der Waals surface area contributed by atoms with E-state index in [0.29, 0.717) is 24.4 Å². The minimum Gasteiger partial charge on any atom is -0.327 e. The van der Waals surface area contributed by atoms with Crippen LogP contribution in [0.3, 0.4) is 0 Å². The van der Waals surface area contributed by atoms with E-state index in [9.17, 15) is 4.79 Å². The molecule has 1 aliphatic carbocycles. The van der Waals surface area contributed by atoms with Gasteiger partial charge >= 0.3 is 0 Å². The predicted molar refractivity (Wildman–Crippen MR) is 89.8 cm³/mol. The van der Waals surface area contributed by atoms with Crippen LogP contribution in [0.1, 0.15) is 30.4 Å². The van der Waals surface area contributed by atoms with E-state index >= 15 is 0 Å². The number of carbonyl (C=O) groups is 1. The number of nitrogens with one attached hydrogen (secondary N) is 1. The number of fused-ring (bicyclic) bond motifs is 1. The molecule has 2 aliphatic rings. The first-order chi connectivity index (χ1) is 10.5. The molecule has 1 heterocycles. The highest BCUT2D eigenvalue weighted by molar-refractivity contribution is 5.93. The number of carbonyl (C=O) groups excluding carboxylic acids is 1. The third-order valence-electron chi connectivity index (χ3n) is 5.34. The first-order valence-corrected chi connectivity index (χ1v) is 8.38. The topological polar surface area (TPSA) is 58.4 Å². The van der Waals surface area contributed by atoms with E-state index in [2.05, 4.69) is 10.2 Å². The summed E-state index contributed by atoms with van der Waals surface area (Å²) in [6, 6.07) is 6.41. The number of nitrogens with two attached hydrogens (primary N) is 1. The van der Waals surface area contributed by atoms with Gasteiger partial charge in [-0.1, -0.05) is 24.6 Å². The van der Waals surface area contributed by atoms with Gasteiger partial charge in [0.2, 0.25) is 5.91 Å². The molecule has 1 aliphatic heterocycles. The van der Waals surface area contributed by atoms with Crippen LogP contribution >= 0.6 is 0 Å². The molecule has 0 spiro atoms. The van der Waals surface area contributed by atoms with Crippen molar-refractivity contribution in [3.8, 4) is 0 Å². The number of rotatable bonds is 3. The number of para-hydroxylation sites is 1. The van der Waals surface area contributed by atoms with Gasteiger partial charge in [0, 0.05) is 24.8 Å². The van der Waals surface area contributed by atoms with Crippen LogP contribution in [0.25, 0.3) is 0 Å². The maximum absolute atomic E-state index is 12.4. The van der Waals surface area contributed by atoms with Crippen LogP contribution in [-0.4, -0.2) is 36.5 Å². The quantitative estimate of drug-likeness (QED) is 0.900. The Kier molecular flexibility index (Phi) is 4.50. The largest absolute Gasteiger partial charge is 0.327 e. The standard InChI is InChI=1S/C18H27N3O/c1-12-5-3-6-13(2)18(12)20-17(22)11-21-9-14-7-4-8-16(19)15(14)10-21/h3,5-6,14-16H,4,7-11,19H2,1-2H3,(H,20,22). The second kappa shape index (κ2) is 6.39. The minimum absolute atomic E-state index is 0.0876. The number of hydrogen-bond acceptors (Lipinski definition) is 3. The van der Waals surface area contributed by atoms with Gasteiger partial charge in [-0.05, 0) is 49.7 Å². The molecule has 2 fully saturated rings. The Balaban J connectivity index is 1.59. The number of nitrogens with zero attached hydrogens (tertiary/aromatic N) is 1. The van der Waals surface area contributed by atoms with Gasteiger partial charge in [0.05, 0.1) is 6.54 Å². The summed E-state index contributed by atoms with van der Waals surface area (Å²) in [5.41, 5.74) is 9.44. The summed E-state index contributed by atoms with van der Waals surface area (Å²) in [6.45, 7) is 6.55. The van der Waals surface area contributed by atoms with E-state index in [-0.39, 0.29) is 5.91 Å². The molecule has 1 aromatic carbocycles. The van der Waals surface area contributed by atoms with Crippen LogP contribution in [0, 0.1) is 25.7 Å². The maximum atomic E-state index is 12.4. The van der Waals surface area contributed by atoms with Crippen molar-refractivity contribution in [2.24, 2.45) is 17.6 Å². The molecule has 0 bridgehead atoms. The third kappa shape index (κ3) is 3.18. The number of anilines is 1. The van der Waals surface area contributed by atoms with E-state index in [1.165, 1.54) is 12.8 Å². The fourth-order valence-electron chi connectivity index (χ4n) is 4.13. The van der Waals surface area contributed by atoms with E-state index in [4.69, 9.17) is 5.73 Å². The van der Waals surface area contributed by atoms with Gasteiger partial charge in [0.25, 0.3) is 0 Å². The zero-order chi connectivity index (χ0) is 15.7. The molecule has 22 heavy (non-hydrogen) atoms. The molecule has 1 saturated carbocycles. The average molecular weight is 301 g/mol. The van der Waals surface area contributed by atoms with Gasteiger partial charge in [-0.25, -0.2) is 0 Å². The van der Waals surface area contributed by atoms with Crippen LogP contribution < -0.4 is 11.1 Å². The summed E-state index contributed by atoms with van der Waals surface area (Å²) in [5.74, 6) is 1.36. The summed E-state index contributed by atoms with van der Waals surface area (Å²) in [4.78, 5) is 14.7. The molecule has 3 N–H and O–H groups in total. The minimum atomic E-state index is 0.0876. The summed E-state index contributed by atoms with van der Waals surface area (Å²) in [6.07, 6.45) is 3.65. The Hall–Kier alpha value is -1.39. The Morgan fingerprint density at radius 2 is 2.00 bits per heavy atom. The van der Waals surface area contributed by atoms with Crippen molar-refractivity contribution >= 4 is 11.6 Å². The van der Waals surface area contributed by atoms with Crippen LogP contribution in [0.5, 0.6) is 0 Å². The van der Waals surface area contributed by atoms with Crippen molar-refractivity contribution in [1.82, 2.24) is 4.90 Å². The van der Waals surface area contributed by atoms with Crippen molar-refractivity contribution < 1.29 is 4.79 Å². The molecule has 4 nitrogen and oxygen atoms in total. The van der Waals surface area contributed by atoms with E-state index < -0.39 is 0 Å². The zero-order valence-electron chi connectivity index (χ0n) is 13.6. The van der Waals surface area contributed by atoms with Crippen LogP contribution in [0.15, 0.2) is 18.2 Å². The Labute approximate surface area is 133 Å². The number of amides is 1. The molecule has 0 radical (unpaired) electrons. The SMILES string of the molecule is Cc1cccc(C)c1NC(=O)CN1CC2CCCC(N)C2C1. The molecule has 1 aromatic rings. The highest BCUT2D eigenvalue weighted by Crippen LogP contribution is 2.35. The first kappa shape index (κ1) is 15.5. The molecule has 1 saturated heterocycles. The molecule has 3 rings (SSSR count). The summed E-state index contributed by atoms with van der Waals surface area (Å²) >= 11 is 0. The van der Waals surface area contributed by atoms with E-state index in [0.717, 1.165) is 36.3 Å². The van der Waals surface area contributed by atoms with Crippen LogP contribution in [-0.2, 0) is 4.79 Å². The number of benzene rings is 1. The lowest BCUT2D eigenvalue weighted by Gasteiger charge is -2.29. The van der Waals surface area contributed by atoms with Gasteiger partial charge in [-0.3, -0.25) is 9.69 Å².